The number of ether oxygens (including phenoxy) is 1. The fourth-order valence-corrected chi connectivity index (χ4v) is 2.53. The van der Waals surface area contributed by atoms with Gasteiger partial charge in [0.25, 0.3) is 11.8 Å². The number of nitrogens with one attached hydrogen (secondary N) is 2. The van der Waals surface area contributed by atoms with Crippen LogP contribution in [-0.2, 0) is 6.54 Å². The van der Waals surface area contributed by atoms with E-state index in [-0.39, 0.29) is 5.56 Å². The lowest BCUT2D eigenvalue weighted by atomic mass is 10.1. The molecule has 0 atom stereocenters. The van der Waals surface area contributed by atoms with Gasteiger partial charge in [-0.3, -0.25) is 20.4 Å². The van der Waals surface area contributed by atoms with E-state index in [4.69, 9.17) is 16.3 Å². The van der Waals surface area contributed by atoms with Crippen LogP contribution in [0, 0.1) is 0 Å². The Morgan fingerprint density at radius 2 is 1.85 bits per heavy atom. The molecule has 3 rings (SSSR count). The van der Waals surface area contributed by atoms with E-state index in [1.807, 2.05) is 0 Å². The van der Waals surface area contributed by atoms with Crippen molar-refractivity contribution in [3.8, 4) is 5.75 Å². The van der Waals surface area contributed by atoms with Crippen molar-refractivity contribution in [3.63, 3.8) is 0 Å². The van der Waals surface area contributed by atoms with Crippen molar-refractivity contribution in [1.82, 2.24) is 25.6 Å². The van der Waals surface area contributed by atoms with Gasteiger partial charge in [-0.25, -0.2) is 9.67 Å². The summed E-state index contributed by atoms with van der Waals surface area (Å²) in [6, 6.07) is 11.5. The van der Waals surface area contributed by atoms with Crippen LogP contribution < -0.4 is 15.6 Å². The first-order valence-corrected chi connectivity index (χ1v) is 8.30. The summed E-state index contributed by atoms with van der Waals surface area (Å²) in [4.78, 5) is 28.3. The molecule has 0 radical (unpaired) electrons. The molecule has 0 aliphatic carbocycles. The van der Waals surface area contributed by atoms with Crippen LogP contribution in [0.5, 0.6) is 5.75 Å². The number of hydrogen-bond donors (Lipinski definition) is 2. The number of methoxy groups -OCH3 is 1. The summed E-state index contributed by atoms with van der Waals surface area (Å²) in [6.45, 7) is 0.551. The maximum absolute atomic E-state index is 12.2. The molecule has 3 aromatic rings. The van der Waals surface area contributed by atoms with Crippen molar-refractivity contribution in [2.75, 3.05) is 7.11 Å². The Hall–Kier alpha value is -3.39. The first-order chi connectivity index (χ1) is 13.1. The van der Waals surface area contributed by atoms with Gasteiger partial charge >= 0.3 is 0 Å². The number of hydrazine groups is 1. The zero-order valence-corrected chi connectivity index (χ0v) is 15.1. The molecule has 1 aromatic heterocycles. The minimum Gasteiger partial charge on any atom is -0.496 e. The van der Waals surface area contributed by atoms with E-state index >= 15 is 0 Å². The van der Waals surface area contributed by atoms with Crippen LogP contribution in [-0.4, -0.2) is 33.7 Å². The molecule has 2 N–H and O–H groups in total. The SMILES string of the molecule is COc1cc(Cl)ccc1C(=O)NNC(=O)c1ccc(Cn2cncn2)cc1. The minimum atomic E-state index is -0.514. The molecule has 138 valence electrons. The maximum Gasteiger partial charge on any atom is 0.273 e. The van der Waals surface area contributed by atoms with E-state index in [0.717, 1.165) is 5.56 Å². The van der Waals surface area contributed by atoms with Crippen molar-refractivity contribution in [2.45, 2.75) is 6.54 Å². The van der Waals surface area contributed by atoms with Gasteiger partial charge in [0, 0.05) is 10.6 Å². The average Bonchev–Trinajstić information content (AvgIpc) is 3.19. The van der Waals surface area contributed by atoms with Crippen LogP contribution in [0.3, 0.4) is 0 Å². The number of benzene rings is 2. The van der Waals surface area contributed by atoms with E-state index in [1.54, 1.807) is 41.3 Å². The number of carbonyl (C=O) groups excluding carboxylic acids is 2. The number of rotatable bonds is 5. The number of hydrogen-bond acceptors (Lipinski definition) is 5. The predicted octanol–water partition coefficient (Wildman–Crippen LogP) is 2.06. The van der Waals surface area contributed by atoms with Crippen molar-refractivity contribution >= 4 is 23.4 Å². The van der Waals surface area contributed by atoms with Crippen molar-refractivity contribution < 1.29 is 14.3 Å². The zero-order chi connectivity index (χ0) is 19.2. The molecule has 0 spiro atoms. The zero-order valence-electron chi connectivity index (χ0n) is 14.3. The average molecular weight is 386 g/mol. The van der Waals surface area contributed by atoms with Gasteiger partial charge in [-0.2, -0.15) is 5.10 Å². The molecular weight excluding hydrogens is 370 g/mol. The van der Waals surface area contributed by atoms with Gasteiger partial charge in [0.1, 0.15) is 18.4 Å². The van der Waals surface area contributed by atoms with Crippen LogP contribution >= 0.6 is 11.6 Å². The molecule has 9 heteroatoms. The minimum absolute atomic E-state index is 0.255. The highest BCUT2D eigenvalue weighted by molar-refractivity contribution is 6.30. The number of aromatic nitrogens is 3. The van der Waals surface area contributed by atoms with Crippen LogP contribution in [0.25, 0.3) is 0 Å². The Kier molecular flexibility index (Phi) is 5.68. The van der Waals surface area contributed by atoms with Gasteiger partial charge in [0.2, 0.25) is 0 Å². The molecule has 2 amide bonds. The molecular formula is C18H16ClN5O3. The summed E-state index contributed by atoms with van der Waals surface area (Å²) in [5.74, 6) is -0.644. The number of carbonyl (C=O) groups is 2. The topological polar surface area (TPSA) is 98.1 Å². The summed E-state index contributed by atoms with van der Waals surface area (Å²) < 4.78 is 6.80. The van der Waals surface area contributed by atoms with Gasteiger partial charge < -0.3 is 4.74 Å². The summed E-state index contributed by atoms with van der Waals surface area (Å²) in [5, 5.41) is 4.47. The molecule has 0 saturated carbocycles. The summed E-state index contributed by atoms with van der Waals surface area (Å²) in [7, 11) is 1.43. The second-order valence-electron chi connectivity index (χ2n) is 5.54. The van der Waals surface area contributed by atoms with Crippen LogP contribution in [0.15, 0.2) is 55.1 Å². The van der Waals surface area contributed by atoms with E-state index < -0.39 is 11.8 Å². The van der Waals surface area contributed by atoms with Crippen LogP contribution in [0.2, 0.25) is 5.02 Å². The highest BCUT2D eigenvalue weighted by Gasteiger charge is 2.14. The molecule has 27 heavy (non-hydrogen) atoms. The molecule has 0 saturated heterocycles. The standard InChI is InChI=1S/C18H16ClN5O3/c1-27-16-8-14(19)6-7-15(16)18(26)23-22-17(25)13-4-2-12(3-5-13)9-24-11-20-10-21-24/h2-8,10-11H,9H2,1H3,(H,22,25)(H,23,26). The largest absolute Gasteiger partial charge is 0.496 e. The number of amides is 2. The Labute approximate surface area is 160 Å². The van der Waals surface area contributed by atoms with Gasteiger partial charge in [0.15, 0.2) is 0 Å². The van der Waals surface area contributed by atoms with Crippen molar-refractivity contribution in [1.29, 1.82) is 0 Å². The first-order valence-electron chi connectivity index (χ1n) is 7.92. The second kappa shape index (κ2) is 8.33. The fourth-order valence-electron chi connectivity index (χ4n) is 2.37. The van der Waals surface area contributed by atoms with E-state index in [9.17, 15) is 9.59 Å². The molecule has 0 aliphatic rings. The van der Waals surface area contributed by atoms with E-state index in [0.29, 0.717) is 22.9 Å². The fraction of sp³-hybridized carbons (Fsp3) is 0.111. The van der Waals surface area contributed by atoms with Crippen LogP contribution in [0.4, 0.5) is 0 Å². The van der Waals surface area contributed by atoms with E-state index in [2.05, 4.69) is 20.9 Å². The molecule has 2 aromatic carbocycles. The van der Waals surface area contributed by atoms with Gasteiger partial charge in [-0.05, 0) is 35.9 Å². The van der Waals surface area contributed by atoms with Crippen LogP contribution in [0.1, 0.15) is 26.3 Å². The number of halogens is 1. The van der Waals surface area contributed by atoms with Crippen molar-refractivity contribution in [2.24, 2.45) is 0 Å². The third-order valence-corrected chi connectivity index (χ3v) is 3.96. The maximum atomic E-state index is 12.2. The van der Waals surface area contributed by atoms with Crippen molar-refractivity contribution in [3.05, 3.63) is 76.8 Å². The lowest BCUT2D eigenvalue weighted by Crippen LogP contribution is -2.41. The first kappa shape index (κ1) is 18.4. The lowest BCUT2D eigenvalue weighted by molar-refractivity contribution is 0.0845. The highest BCUT2D eigenvalue weighted by Crippen LogP contribution is 2.22. The monoisotopic (exact) mass is 385 g/mol. The molecule has 8 nitrogen and oxygen atoms in total. The number of nitrogens with zero attached hydrogens (tertiary/aromatic N) is 3. The predicted molar refractivity (Wildman–Crippen MR) is 98.5 cm³/mol. The molecule has 0 unspecified atom stereocenters. The summed E-state index contributed by atoms with van der Waals surface area (Å²) >= 11 is 5.87. The normalized spacial score (nSPS) is 10.3. The quantitative estimate of drug-likeness (QED) is 0.655. The third kappa shape index (κ3) is 4.62. The third-order valence-electron chi connectivity index (χ3n) is 3.73. The smallest absolute Gasteiger partial charge is 0.273 e. The lowest BCUT2D eigenvalue weighted by Gasteiger charge is -2.11. The van der Waals surface area contributed by atoms with Gasteiger partial charge in [-0.1, -0.05) is 23.7 Å². The van der Waals surface area contributed by atoms with Gasteiger partial charge in [0.05, 0.1) is 19.2 Å². The Bertz CT molecular complexity index is 942. The summed E-state index contributed by atoms with van der Waals surface area (Å²) in [6.07, 6.45) is 3.07. The molecule has 1 heterocycles. The Morgan fingerprint density at radius 1 is 1.11 bits per heavy atom. The highest BCUT2D eigenvalue weighted by atomic mass is 35.5. The van der Waals surface area contributed by atoms with E-state index in [1.165, 1.54) is 25.6 Å². The molecule has 0 fully saturated rings. The molecule has 0 bridgehead atoms. The second-order valence-corrected chi connectivity index (χ2v) is 5.98. The summed E-state index contributed by atoms with van der Waals surface area (Å²) in [5.41, 5.74) is 6.36. The van der Waals surface area contributed by atoms with Gasteiger partial charge in [-0.15, -0.1) is 0 Å². The Balaban J connectivity index is 1.59. The molecule has 0 aliphatic heterocycles. The Morgan fingerprint density at radius 3 is 2.52 bits per heavy atom.